The van der Waals surface area contributed by atoms with Gasteiger partial charge in [-0.25, -0.2) is 4.39 Å². The molecule has 0 saturated carbocycles. The minimum absolute atomic E-state index is 0.00190. The number of hydrogen-bond donors (Lipinski definition) is 2. The first-order chi connectivity index (χ1) is 13.7. The zero-order valence-electron chi connectivity index (χ0n) is 17.2. The molecular weight excluding hydrogens is 369 g/mol. The second kappa shape index (κ2) is 8.74. The van der Waals surface area contributed by atoms with Crippen molar-refractivity contribution in [3.8, 4) is 0 Å². The summed E-state index contributed by atoms with van der Waals surface area (Å²) in [6, 6.07) is 13.5. The monoisotopic (exact) mass is 397 g/mol. The summed E-state index contributed by atoms with van der Waals surface area (Å²) in [5, 5.41) is 5.94. The number of hydrogen-bond acceptors (Lipinski definition) is 3. The van der Waals surface area contributed by atoms with Crippen LogP contribution in [-0.4, -0.2) is 24.4 Å². The molecule has 0 spiro atoms. The maximum absolute atomic E-state index is 13.8. The van der Waals surface area contributed by atoms with E-state index in [0.717, 1.165) is 11.3 Å². The third-order valence-electron chi connectivity index (χ3n) is 4.84. The summed E-state index contributed by atoms with van der Waals surface area (Å²) < 4.78 is 13.8. The molecule has 154 valence electrons. The Kier molecular flexibility index (Phi) is 6.33. The molecule has 0 radical (unpaired) electrons. The van der Waals surface area contributed by atoms with Crippen LogP contribution in [0.1, 0.15) is 38.3 Å². The third kappa shape index (κ3) is 5.41. The number of carbonyl (C=O) groups excluding carboxylic acids is 2. The summed E-state index contributed by atoms with van der Waals surface area (Å²) in [7, 11) is 0. The first kappa shape index (κ1) is 21.0. The Morgan fingerprint density at radius 3 is 2.59 bits per heavy atom. The van der Waals surface area contributed by atoms with Crippen molar-refractivity contribution >= 4 is 17.5 Å². The predicted molar refractivity (Wildman–Crippen MR) is 112 cm³/mol. The summed E-state index contributed by atoms with van der Waals surface area (Å²) in [5.41, 5.74) is 2.24. The smallest absolute Gasteiger partial charge is 0.244 e. The highest BCUT2D eigenvalue weighted by Gasteiger charge is 2.33. The van der Waals surface area contributed by atoms with Gasteiger partial charge in [0.25, 0.3) is 0 Å². The standard InChI is InChI=1S/C23H28FN3O2/c1-23(2,3)15-27-20-11-7-5-9-17(20)14-25-19(22(27)29)12-21(28)26-13-16-8-4-6-10-18(16)24/h4-11,19,25H,12-15H2,1-3H3,(H,26,28). The number of anilines is 1. The number of fused-ring (bicyclic) bond motifs is 1. The van der Waals surface area contributed by atoms with Crippen molar-refractivity contribution in [2.75, 3.05) is 11.4 Å². The van der Waals surface area contributed by atoms with Gasteiger partial charge in [-0.05, 0) is 23.1 Å². The van der Waals surface area contributed by atoms with E-state index in [2.05, 4.69) is 31.4 Å². The molecule has 2 amide bonds. The van der Waals surface area contributed by atoms with Crippen molar-refractivity contribution in [1.29, 1.82) is 0 Å². The Hall–Kier alpha value is -2.73. The Morgan fingerprint density at radius 2 is 1.86 bits per heavy atom. The molecular formula is C23H28FN3O2. The lowest BCUT2D eigenvalue weighted by molar-refractivity contribution is -0.127. The zero-order valence-corrected chi connectivity index (χ0v) is 17.2. The van der Waals surface area contributed by atoms with Gasteiger partial charge in [0.15, 0.2) is 0 Å². The summed E-state index contributed by atoms with van der Waals surface area (Å²) in [4.78, 5) is 27.5. The van der Waals surface area contributed by atoms with Crippen LogP contribution in [0.25, 0.3) is 0 Å². The van der Waals surface area contributed by atoms with Gasteiger partial charge in [0, 0.05) is 30.9 Å². The lowest BCUT2D eigenvalue weighted by Gasteiger charge is -2.31. The molecule has 2 aromatic rings. The average molecular weight is 397 g/mol. The molecule has 1 heterocycles. The fourth-order valence-corrected chi connectivity index (χ4v) is 3.44. The molecule has 3 rings (SSSR count). The first-order valence-corrected chi connectivity index (χ1v) is 9.87. The molecule has 0 aromatic heterocycles. The molecule has 2 N–H and O–H groups in total. The van der Waals surface area contributed by atoms with Gasteiger partial charge in [0.05, 0.1) is 12.5 Å². The Balaban J connectivity index is 1.72. The van der Waals surface area contributed by atoms with Crippen molar-refractivity contribution in [2.24, 2.45) is 5.41 Å². The Labute approximate surface area is 171 Å². The number of rotatable bonds is 5. The van der Waals surface area contributed by atoms with Gasteiger partial charge in [-0.2, -0.15) is 0 Å². The van der Waals surface area contributed by atoms with Crippen molar-refractivity contribution in [3.05, 3.63) is 65.5 Å². The average Bonchev–Trinajstić information content (AvgIpc) is 2.79. The van der Waals surface area contributed by atoms with E-state index < -0.39 is 6.04 Å². The van der Waals surface area contributed by atoms with Gasteiger partial charge in [-0.15, -0.1) is 0 Å². The molecule has 6 heteroatoms. The fraction of sp³-hybridized carbons (Fsp3) is 0.391. The van der Waals surface area contributed by atoms with Crippen LogP contribution in [0.15, 0.2) is 48.5 Å². The number of carbonyl (C=O) groups is 2. The lowest BCUT2D eigenvalue weighted by atomic mass is 9.95. The van der Waals surface area contributed by atoms with Crippen molar-refractivity contribution in [3.63, 3.8) is 0 Å². The minimum Gasteiger partial charge on any atom is -0.352 e. The van der Waals surface area contributed by atoms with Crippen molar-refractivity contribution in [1.82, 2.24) is 10.6 Å². The molecule has 0 saturated heterocycles. The number of nitrogens with one attached hydrogen (secondary N) is 2. The molecule has 5 nitrogen and oxygen atoms in total. The summed E-state index contributed by atoms with van der Waals surface area (Å²) in [6.07, 6.45) is 0.00190. The number of benzene rings is 2. The first-order valence-electron chi connectivity index (χ1n) is 9.87. The lowest BCUT2D eigenvalue weighted by Crippen LogP contribution is -2.48. The van der Waals surface area contributed by atoms with E-state index in [-0.39, 0.29) is 36.0 Å². The van der Waals surface area contributed by atoms with E-state index >= 15 is 0 Å². The highest BCUT2D eigenvalue weighted by molar-refractivity contribution is 6.00. The van der Waals surface area contributed by atoms with Crippen molar-refractivity contribution in [2.45, 2.75) is 46.3 Å². The van der Waals surface area contributed by atoms with Crippen LogP contribution in [0, 0.1) is 11.2 Å². The number of halogens is 1. The predicted octanol–water partition coefficient (Wildman–Crippen LogP) is 3.38. The van der Waals surface area contributed by atoms with Gasteiger partial charge < -0.3 is 15.5 Å². The van der Waals surface area contributed by atoms with Crippen LogP contribution in [0.2, 0.25) is 0 Å². The van der Waals surface area contributed by atoms with E-state index in [4.69, 9.17) is 0 Å². The topological polar surface area (TPSA) is 61.4 Å². The summed E-state index contributed by atoms with van der Waals surface area (Å²) in [6.45, 7) is 7.40. The zero-order chi connectivity index (χ0) is 21.0. The van der Waals surface area contributed by atoms with Gasteiger partial charge in [-0.3, -0.25) is 9.59 Å². The maximum Gasteiger partial charge on any atom is 0.244 e. The van der Waals surface area contributed by atoms with E-state index in [1.54, 1.807) is 23.1 Å². The van der Waals surface area contributed by atoms with Crippen LogP contribution < -0.4 is 15.5 Å². The second-order valence-corrected chi connectivity index (χ2v) is 8.62. The van der Waals surface area contributed by atoms with E-state index in [1.807, 2.05) is 24.3 Å². The molecule has 0 bridgehead atoms. The van der Waals surface area contributed by atoms with Gasteiger partial charge >= 0.3 is 0 Å². The molecule has 0 fully saturated rings. The number of nitrogens with zero attached hydrogens (tertiary/aromatic N) is 1. The quantitative estimate of drug-likeness (QED) is 0.813. The van der Waals surface area contributed by atoms with Gasteiger partial charge in [-0.1, -0.05) is 57.2 Å². The molecule has 2 aromatic carbocycles. The number of para-hydroxylation sites is 1. The fourth-order valence-electron chi connectivity index (χ4n) is 3.44. The third-order valence-corrected chi connectivity index (χ3v) is 4.84. The van der Waals surface area contributed by atoms with Crippen LogP contribution >= 0.6 is 0 Å². The van der Waals surface area contributed by atoms with Crippen LogP contribution in [-0.2, 0) is 22.7 Å². The van der Waals surface area contributed by atoms with Crippen LogP contribution in [0.4, 0.5) is 10.1 Å². The van der Waals surface area contributed by atoms with E-state index in [1.165, 1.54) is 6.07 Å². The minimum atomic E-state index is -0.634. The molecule has 1 unspecified atom stereocenters. The molecule has 29 heavy (non-hydrogen) atoms. The highest BCUT2D eigenvalue weighted by atomic mass is 19.1. The molecule has 1 atom stereocenters. The maximum atomic E-state index is 13.8. The second-order valence-electron chi connectivity index (χ2n) is 8.62. The van der Waals surface area contributed by atoms with Crippen LogP contribution in [0.5, 0.6) is 0 Å². The molecule has 0 aliphatic carbocycles. The Bertz CT molecular complexity index is 892. The summed E-state index contributed by atoms with van der Waals surface area (Å²) in [5.74, 6) is -0.769. The van der Waals surface area contributed by atoms with Crippen LogP contribution in [0.3, 0.4) is 0 Å². The van der Waals surface area contributed by atoms with Crippen molar-refractivity contribution < 1.29 is 14.0 Å². The molecule has 1 aliphatic rings. The molecule has 1 aliphatic heterocycles. The van der Waals surface area contributed by atoms with Gasteiger partial charge in [0.1, 0.15) is 5.82 Å². The summed E-state index contributed by atoms with van der Waals surface area (Å²) >= 11 is 0. The van der Waals surface area contributed by atoms with E-state index in [9.17, 15) is 14.0 Å². The normalized spacial score (nSPS) is 16.9. The van der Waals surface area contributed by atoms with Gasteiger partial charge in [0.2, 0.25) is 11.8 Å². The largest absolute Gasteiger partial charge is 0.352 e. The highest BCUT2D eigenvalue weighted by Crippen LogP contribution is 2.28. The van der Waals surface area contributed by atoms with E-state index in [0.29, 0.717) is 18.7 Å². The Morgan fingerprint density at radius 1 is 1.17 bits per heavy atom. The SMILES string of the molecule is CC(C)(C)CN1C(=O)C(CC(=O)NCc2ccccc2F)NCc2ccccc21. The number of amides is 2.